The highest BCUT2D eigenvalue weighted by Gasteiger charge is 2.07. The molecule has 4 heteroatoms. The van der Waals surface area contributed by atoms with Crippen molar-refractivity contribution in [2.75, 3.05) is 26.2 Å². The zero-order chi connectivity index (χ0) is 15.1. The summed E-state index contributed by atoms with van der Waals surface area (Å²) in [4.78, 5) is 0. The Bertz CT molecular complexity index is 567. The van der Waals surface area contributed by atoms with Crippen LogP contribution in [0.1, 0.15) is 6.42 Å². The highest BCUT2D eigenvalue weighted by molar-refractivity contribution is 9.09. The molecule has 2 aromatic carbocycles. The molecule has 0 aliphatic heterocycles. The minimum absolute atomic E-state index is 0.719. The van der Waals surface area contributed by atoms with Crippen molar-refractivity contribution < 1.29 is 14.2 Å². The highest BCUT2D eigenvalue weighted by atomic mass is 79.9. The van der Waals surface area contributed by atoms with E-state index in [0.717, 1.165) is 46.7 Å². The Morgan fingerprint density at radius 1 is 0.905 bits per heavy atom. The van der Waals surface area contributed by atoms with Gasteiger partial charge in [0.1, 0.15) is 17.2 Å². The van der Waals surface area contributed by atoms with Gasteiger partial charge in [-0.1, -0.05) is 28.1 Å². The maximum atomic E-state index is 5.65. The summed E-state index contributed by atoms with van der Waals surface area (Å²) in [6.07, 6.45) is 0.994. The Morgan fingerprint density at radius 3 is 2.24 bits per heavy atom. The molecular formula is C17H19BrO3. The molecule has 0 radical (unpaired) electrons. The lowest BCUT2D eigenvalue weighted by Crippen LogP contribution is -1.97. The third-order valence-corrected chi connectivity index (χ3v) is 3.68. The number of hydrogen-bond acceptors (Lipinski definition) is 3. The van der Waals surface area contributed by atoms with Crippen molar-refractivity contribution in [3.05, 3.63) is 42.5 Å². The molecule has 0 aromatic heterocycles. The van der Waals surface area contributed by atoms with Crippen LogP contribution >= 0.6 is 15.9 Å². The lowest BCUT2D eigenvalue weighted by atomic mass is 10.0. The largest absolute Gasteiger partial charge is 0.497 e. The summed E-state index contributed by atoms with van der Waals surface area (Å²) in [6.45, 7) is 0.719. The molecule has 0 amide bonds. The van der Waals surface area contributed by atoms with E-state index in [2.05, 4.69) is 15.9 Å². The molecule has 0 fully saturated rings. The van der Waals surface area contributed by atoms with Gasteiger partial charge in [-0.3, -0.25) is 0 Å². The second-order valence-corrected chi connectivity index (χ2v) is 5.27. The fraction of sp³-hybridized carbons (Fsp3) is 0.294. The van der Waals surface area contributed by atoms with Crippen LogP contribution in [0.15, 0.2) is 42.5 Å². The van der Waals surface area contributed by atoms with Crippen LogP contribution in [0, 0.1) is 0 Å². The minimum atomic E-state index is 0.719. The topological polar surface area (TPSA) is 27.7 Å². The van der Waals surface area contributed by atoms with Crippen LogP contribution in [0.3, 0.4) is 0 Å². The first kappa shape index (κ1) is 15.7. The van der Waals surface area contributed by atoms with Gasteiger partial charge in [-0.05, 0) is 36.2 Å². The molecule has 0 aliphatic carbocycles. The fourth-order valence-corrected chi connectivity index (χ4v) is 2.24. The lowest BCUT2D eigenvalue weighted by molar-refractivity contribution is 0.319. The van der Waals surface area contributed by atoms with Gasteiger partial charge in [-0.15, -0.1) is 0 Å². The standard InChI is InChI=1S/C17H19BrO3/c1-19-15-8-9-16(17(12-15)20-2)13-4-6-14(7-5-13)21-11-3-10-18/h4-9,12H,3,10-11H2,1-2H3. The number of methoxy groups -OCH3 is 2. The van der Waals surface area contributed by atoms with Gasteiger partial charge in [-0.25, -0.2) is 0 Å². The molecule has 3 nitrogen and oxygen atoms in total. The van der Waals surface area contributed by atoms with Crippen molar-refractivity contribution in [3.8, 4) is 28.4 Å². The Hall–Kier alpha value is -1.68. The van der Waals surface area contributed by atoms with Crippen LogP contribution in [-0.4, -0.2) is 26.2 Å². The van der Waals surface area contributed by atoms with Gasteiger partial charge in [0, 0.05) is 17.0 Å². The normalized spacial score (nSPS) is 10.2. The second-order valence-electron chi connectivity index (χ2n) is 4.48. The fourth-order valence-electron chi connectivity index (χ4n) is 2.01. The van der Waals surface area contributed by atoms with Crippen molar-refractivity contribution in [3.63, 3.8) is 0 Å². The van der Waals surface area contributed by atoms with Gasteiger partial charge in [0.15, 0.2) is 0 Å². The van der Waals surface area contributed by atoms with Gasteiger partial charge in [-0.2, -0.15) is 0 Å². The minimum Gasteiger partial charge on any atom is -0.497 e. The number of alkyl halides is 1. The summed E-state index contributed by atoms with van der Waals surface area (Å²) in [7, 11) is 3.31. The lowest BCUT2D eigenvalue weighted by Gasteiger charge is -2.11. The molecule has 0 saturated heterocycles. The molecule has 21 heavy (non-hydrogen) atoms. The van der Waals surface area contributed by atoms with Crippen molar-refractivity contribution in [2.45, 2.75) is 6.42 Å². The average molecular weight is 351 g/mol. The Labute approximate surface area is 134 Å². The molecule has 0 unspecified atom stereocenters. The molecule has 0 aliphatic rings. The third-order valence-electron chi connectivity index (χ3n) is 3.12. The van der Waals surface area contributed by atoms with Crippen molar-refractivity contribution in [1.29, 1.82) is 0 Å². The number of hydrogen-bond donors (Lipinski definition) is 0. The van der Waals surface area contributed by atoms with Gasteiger partial charge >= 0.3 is 0 Å². The van der Waals surface area contributed by atoms with E-state index in [1.807, 2.05) is 42.5 Å². The molecule has 2 rings (SSSR count). The van der Waals surface area contributed by atoms with E-state index in [9.17, 15) is 0 Å². The van der Waals surface area contributed by atoms with Crippen molar-refractivity contribution in [1.82, 2.24) is 0 Å². The van der Waals surface area contributed by atoms with Crippen LogP contribution in [0.4, 0.5) is 0 Å². The maximum absolute atomic E-state index is 5.65. The second kappa shape index (κ2) is 7.93. The van der Waals surface area contributed by atoms with Gasteiger partial charge in [0.05, 0.1) is 20.8 Å². The first-order valence-electron chi connectivity index (χ1n) is 6.79. The number of halogens is 1. The van der Waals surface area contributed by atoms with Gasteiger partial charge in [0.25, 0.3) is 0 Å². The van der Waals surface area contributed by atoms with Crippen LogP contribution in [0.2, 0.25) is 0 Å². The molecule has 0 bridgehead atoms. The van der Waals surface area contributed by atoms with Crippen molar-refractivity contribution >= 4 is 15.9 Å². The molecular weight excluding hydrogens is 332 g/mol. The molecule has 0 heterocycles. The zero-order valence-electron chi connectivity index (χ0n) is 12.3. The van der Waals surface area contributed by atoms with Crippen LogP contribution < -0.4 is 14.2 Å². The smallest absolute Gasteiger partial charge is 0.130 e. The summed E-state index contributed by atoms with van der Waals surface area (Å²) >= 11 is 3.39. The molecule has 2 aromatic rings. The first-order valence-corrected chi connectivity index (χ1v) is 7.92. The molecule has 0 N–H and O–H groups in total. The summed E-state index contributed by atoms with van der Waals surface area (Å²) in [5, 5.41) is 0.953. The molecule has 112 valence electrons. The zero-order valence-corrected chi connectivity index (χ0v) is 13.9. The Morgan fingerprint density at radius 2 is 1.62 bits per heavy atom. The third kappa shape index (κ3) is 4.14. The first-order chi connectivity index (χ1) is 10.3. The predicted molar refractivity (Wildman–Crippen MR) is 88.9 cm³/mol. The van der Waals surface area contributed by atoms with E-state index in [-0.39, 0.29) is 0 Å². The van der Waals surface area contributed by atoms with Crippen LogP contribution in [0.5, 0.6) is 17.2 Å². The number of rotatable bonds is 7. The van der Waals surface area contributed by atoms with E-state index in [4.69, 9.17) is 14.2 Å². The van der Waals surface area contributed by atoms with Gasteiger partial charge < -0.3 is 14.2 Å². The molecule has 0 atom stereocenters. The average Bonchev–Trinajstić information content (AvgIpc) is 2.55. The van der Waals surface area contributed by atoms with E-state index >= 15 is 0 Å². The highest BCUT2D eigenvalue weighted by Crippen LogP contribution is 2.33. The van der Waals surface area contributed by atoms with E-state index in [1.54, 1.807) is 14.2 Å². The number of ether oxygens (including phenoxy) is 3. The monoisotopic (exact) mass is 350 g/mol. The number of benzene rings is 2. The summed E-state index contributed by atoms with van der Waals surface area (Å²) in [5.74, 6) is 2.46. The maximum Gasteiger partial charge on any atom is 0.130 e. The predicted octanol–water partition coefficient (Wildman–Crippen LogP) is 4.53. The SMILES string of the molecule is COc1ccc(-c2ccc(OCCCBr)cc2)c(OC)c1. The summed E-state index contributed by atoms with van der Waals surface area (Å²) in [5.41, 5.74) is 2.12. The summed E-state index contributed by atoms with van der Waals surface area (Å²) in [6, 6.07) is 13.8. The van der Waals surface area contributed by atoms with E-state index in [0.29, 0.717) is 0 Å². The van der Waals surface area contributed by atoms with Gasteiger partial charge in [0.2, 0.25) is 0 Å². The van der Waals surface area contributed by atoms with Crippen molar-refractivity contribution in [2.24, 2.45) is 0 Å². The Balaban J connectivity index is 2.18. The Kier molecular flexibility index (Phi) is 5.93. The quantitative estimate of drug-likeness (QED) is 0.542. The van der Waals surface area contributed by atoms with Crippen LogP contribution in [0.25, 0.3) is 11.1 Å². The summed E-state index contributed by atoms with van der Waals surface area (Å²) < 4.78 is 16.3. The van der Waals surface area contributed by atoms with E-state index < -0.39 is 0 Å². The van der Waals surface area contributed by atoms with E-state index in [1.165, 1.54) is 0 Å². The van der Waals surface area contributed by atoms with Crippen LogP contribution in [-0.2, 0) is 0 Å². The molecule has 0 saturated carbocycles. The molecule has 0 spiro atoms.